The van der Waals surface area contributed by atoms with Gasteiger partial charge in [-0.1, -0.05) is 0 Å². The molecule has 2 rings (SSSR count). The molecule has 1 fully saturated rings. The van der Waals surface area contributed by atoms with Gasteiger partial charge in [0.15, 0.2) is 0 Å². The Morgan fingerprint density at radius 3 is 2.61 bits per heavy atom. The zero-order valence-corrected chi connectivity index (χ0v) is 9.64. The molecule has 0 spiro atoms. The van der Waals surface area contributed by atoms with Crippen LogP contribution in [0.15, 0.2) is 18.3 Å². The van der Waals surface area contributed by atoms with E-state index in [1.807, 2.05) is 5.32 Å². The highest BCUT2D eigenvalue weighted by molar-refractivity contribution is 5.94. The second-order valence-corrected chi connectivity index (χ2v) is 4.21. The molecule has 0 aliphatic heterocycles. The molecular weight excluding hydrogens is 247 g/mol. The first-order valence-corrected chi connectivity index (χ1v) is 5.41. The van der Waals surface area contributed by atoms with Crippen molar-refractivity contribution in [3.05, 3.63) is 24.0 Å². The average molecular weight is 259 g/mol. The van der Waals surface area contributed by atoms with E-state index in [0.717, 1.165) is 0 Å². The Labute approximate surface area is 102 Å². The molecule has 1 aromatic rings. The lowest BCUT2D eigenvalue weighted by Gasteiger charge is -2.20. The minimum Gasteiger partial charge on any atom is -0.388 e. The number of rotatable bonds is 3. The summed E-state index contributed by atoms with van der Waals surface area (Å²) in [7, 11) is 1.65. The maximum Gasteiger partial charge on any atom is 0.411 e. The molecule has 1 heterocycles. The Balaban J connectivity index is 2.13. The summed E-state index contributed by atoms with van der Waals surface area (Å²) in [4.78, 5) is 15.5. The van der Waals surface area contributed by atoms with Gasteiger partial charge in [-0.05, 0) is 25.0 Å². The molecule has 1 aromatic heterocycles. The monoisotopic (exact) mass is 259 g/mol. The standard InChI is InChI=1S/C11H12F3N3O/c1-15-7-2-5-16-8(6-7)9(18)17-10(3-4-10)11(12,13)14/h2,5-6H,3-4H2,1H3,(H,15,16)(H,17,18). The van der Waals surface area contributed by atoms with Gasteiger partial charge in [0.25, 0.3) is 5.91 Å². The lowest BCUT2D eigenvalue weighted by atomic mass is 10.2. The van der Waals surface area contributed by atoms with Crippen molar-refractivity contribution < 1.29 is 18.0 Å². The molecule has 1 amide bonds. The van der Waals surface area contributed by atoms with Crippen LogP contribution in [0.25, 0.3) is 0 Å². The summed E-state index contributed by atoms with van der Waals surface area (Å²) in [6.45, 7) is 0. The lowest BCUT2D eigenvalue weighted by molar-refractivity contribution is -0.163. The van der Waals surface area contributed by atoms with E-state index in [2.05, 4.69) is 10.3 Å². The minimum atomic E-state index is -4.41. The van der Waals surface area contributed by atoms with Gasteiger partial charge in [-0.15, -0.1) is 0 Å². The predicted octanol–water partition coefficient (Wildman–Crippen LogP) is 1.95. The Kier molecular flexibility index (Phi) is 2.92. The third kappa shape index (κ3) is 2.25. The van der Waals surface area contributed by atoms with Crippen molar-refractivity contribution in [3.63, 3.8) is 0 Å². The summed E-state index contributed by atoms with van der Waals surface area (Å²) in [6.07, 6.45) is -3.20. The second-order valence-electron chi connectivity index (χ2n) is 4.21. The van der Waals surface area contributed by atoms with Gasteiger partial charge in [0.05, 0.1) is 0 Å². The molecule has 2 N–H and O–H groups in total. The highest BCUT2D eigenvalue weighted by atomic mass is 19.4. The van der Waals surface area contributed by atoms with Gasteiger partial charge in [0.2, 0.25) is 0 Å². The first-order chi connectivity index (χ1) is 8.38. The number of pyridine rings is 1. The van der Waals surface area contributed by atoms with Gasteiger partial charge >= 0.3 is 6.18 Å². The number of aromatic nitrogens is 1. The molecule has 0 aromatic carbocycles. The molecule has 18 heavy (non-hydrogen) atoms. The number of carbonyl (C=O) groups excluding carboxylic acids is 1. The Hall–Kier alpha value is -1.79. The molecule has 0 bridgehead atoms. The van der Waals surface area contributed by atoms with Crippen molar-refractivity contribution in [1.29, 1.82) is 0 Å². The van der Waals surface area contributed by atoms with Crippen LogP contribution in [0.4, 0.5) is 18.9 Å². The van der Waals surface area contributed by atoms with Crippen molar-refractivity contribution in [1.82, 2.24) is 10.3 Å². The number of hydrogen-bond acceptors (Lipinski definition) is 3. The third-order valence-electron chi connectivity index (χ3n) is 2.93. The summed E-state index contributed by atoms with van der Waals surface area (Å²) in [6, 6.07) is 3.02. The summed E-state index contributed by atoms with van der Waals surface area (Å²) in [5.74, 6) is -0.804. The number of alkyl halides is 3. The van der Waals surface area contributed by atoms with Crippen LogP contribution in [0.2, 0.25) is 0 Å². The van der Waals surface area contributed by atoms with Gasteiger partial charge in [0.1, 0.15) is 11.2 Å². The predicted molar refractivity (Wildman–Crippen MR) is 59.3 cm³/mol. The van der Waals surface area contributed by atoms with Crippen LogP contribution in [0.1, 0.15) is 23.3 Å². The fourth-order valence-electron chi connectivity index (χ4n) is 1.60. The van der Waals surface area contributed by atoms with Gasteiger partial charge in [-0.2, -0.15) is 13.2 Å². The van der Waals surface area contributed by atoms with E-state index < -0.39 is 17.6 Å². The number of nitrogens with zero attached hydrogens (tertiary/aromatic N) is 1. The SMILES string of the molecule is CNc1ccnc(C(=O)NC2(C(F)(F)F)CC2)c1. The zero-order valence-electron chi connectivity index (χ0n) is 9.64. The number of nitrogens with one attached hydrogen (secondary N) is 2. The second kappa shape index (κ2) is 4.15. The summed E-state index contributed by atoms with van der Waals surface area (Å²) < 4.78 is 38.0. The quantitative estimate of drug-likeness (QED) is 0.872. The molecule has 4 nitrogen and oxygen atoms in total. The lowest BCUT2D eigenvalue weighted by Crippen LogP contribution is -2.48. The fourth-order valence-corrected chi connectivity index (χ4v) is 1.60. The normalized spacial score (nSPS) is 17.1. The van der Waals surface area contributed by atoms with E-state index in [9.17, 15) is 18.0 Å². The van der Waals surface area contributed by atoms with Crippen LogP contribution in [0.5, 0.6) is 0 Å². The molecule has 0 unspecified atom stereocenters. The zero-order chi connectivity index (χ0) is 13.4. The first kappa shape index (κ1) is 12.7. The largest absolute Gasteiger partial charge is 0.411 e. The van der Waals surface area contributed by atoms with Crippen molar-refractivity contribution in [2.45, 2.75) is 24.6 Å². The van der Waals surface area contributed by atoms with E-state index in [4.69, 9.17) is 0 Å². The Morgan fingerprint density at radius 2 is 2.11 bits per heavy atom. The number of carbonyl (C=O) groups is 1. The molecule has 1 saturated carbocycles. The van der Waals surface area contributed by atoms with Gasteiger partial charge in [0, 0.05) is 18.9 Å². The molecule has 1 aliphatic carbocycles. The van der Waals surface area contributed by atoms with Crippen LogP contribution >= 0.6 is 0 Å². The summed E-state index contributed by atoms with van der Waals surface area (Å²) in [5.41, 5.74) is -1.47. The van der Waals surface area contributed by atoms with Gasteiger partial charge in [-0.25, -0.2) is 0 Å². The number of amides is 1. The minimum absolute atomic E-state index is 0.0302. The molecule has 0 saturated heterocycles. The van der Waals surface area contributed by atoms with Crippen molar-refractivity contribution in [3.8, 4) is 0 Å². The van der Waals surface area contributed by atoms with E-state index >= 15 is 0 Å². The third-order valence-corrected chi connectivity index (χ3v) is 2.93. The summed E-state index contributed by atoms with van der Waals surface area (Å²) in [5, 5.41) is 4.81. The average Bonchev–Trinajstić information content (AvgIpc) is 3.09. The van der Waals surface area contributed by atoms with Crippen molar-refractivity contribution in [2.24, 2.45) is 0 Å². The Morgan fingerprint density at radius 1 is 1.44 bits per heavy atom. The van der Waals surface area contributed by atoms with E-state index in [1.54, 1.807) is 13.1 Å². The van der Waals surface area contributed by atoms with E-state index in [-0.39, 0.29) is 18.5 Å². The van der Waals surface area contributed by atoms with E-state index in [1.165, 1.54) is 12.3 Å². The van der Waals surface area contributed by atoms with Crippen LogP contribution in [0.3, 0.4) is 0 Å². The number of anilines is 1. The topological polar surface area (TPSA) is 54.0 Å². The number of halogens is 3. The van der Waals surface area contributed by atoms with Gasteiger partial charge in [-0.3, -0.25) is 9.78 Å². The Bertz CT molecular complexity index is 469. The maximum atomic E-state index is 12.7. The molecule has 0 atom stereocenters. The highest BCUT2D eigenvalue weighted by Crippen LogP contribution is 2.48. The van der Waals surface area contributed by atoms with Gasteiger partial charge < -0.3 is 10.6 Å². The van der Waals surface area contributed by atoms with Crippen LogP contribution in [0, 0.1) is 0 Å². The molecule has 1 aliphatic rings. The highest BCUT2D eigenvalue weighted by Gasteiger charge is 2.64. The van der Waals surface area contributed by atoms with Crippen molar-refractivity contribution in [2.75, 3.05) is 12.4 Å². The molecule has 7 heteroatoms. The summed E-state index contributed by atoms with van der Waals surface area (Å²) >= 11 is 0. The van der Waals surface area contributed by atoms with Crippen molar-refractivity contribution >= 4 is 11.6 Å². The molecule has 98 valence electrons. The fraction of sp³-hybridized carbons (Fsp3) is 0.455. The first-order valence-electron chi connectivity index (χ1n) is 5.41. The van der Waals surface area contributed by atoms with E-state index in [0.29, 0.717) is 5.69 Å². The van der Waals surface area contributed by atoms with Crippen LogP contribution < -0.4 is 10.6 Å². The van der Waals surface area contributed by atoms with Crippen LogP contribution in [-0.2, 0) is 0 Å². The molecule has 0 radical (unpaired) electrons. The number of hydrogen-bond donors (Lipinski definition) is 2. The smallest absolute Gasteiger partial charge is 0.388 e. The molecular formula is C11H12F3N3O. The maximum absolute atomic E-state index is 12.7. The van der Waals surface area contributed by atoms with Crippen LogP contribution in [-0.4, -0.2) is 29.7 Å².